The number of nitrogens with zero attached hydrogens (tertiary/aromatic N) is 3. The Morgan fingerprint density at radius 1 is 1.17 bits per heavy atom. The molecule has 5 nitrogen and oxygen atoms in total. The van der Waals surface area contributed by atoms with Crippen molar-refractivity contribution in [3.63, 3.8) is 0 Å². The van der Waals surface area contributed by atoms with Crippen LogP contribution >= 0.6 is 9.24 Å². The summed E-state index contributed by atoms with van der Waals surface area (Å²) >= 11 is 0. The molecule has 0 saturated heterocycles. The molecule has 2 aromatic heterocycles. The van der Waals surface area contributed by atoms with Gasteiger partial charge in [0.2, 0.25) is 0 Å². The van der Waals surface area contributed by atoms with Crippen molar-refractivity contribution in [3.8, 4) is 5.69 Å². The Morgan fingerprint density at radius 3 is 2.77 bits per heavy atom. The first-order chi connectivity index (χ1) is 14.6. The Hall–Kier alpha value is -2.88. The Balaban J connectivity index is 1.73. The second kappa shape index (κ2) is 8.86. The maximum absolute atomic E-state index is 5.52. The molecule has 6 heteroatoms. The molecule has 0 bridgehead atoms. The third-order valence-corrected chi connectivity index (χ3v) is 5.58. The van der Waals surface area contributed by atoms with Gasteiger partial charge in [-0.3, -0.25) is 0 Å². The van der Waals surface area contributed by atoms with Crippen molar-refractivity contribution < 1.29 is 4.84 Å². The fourth-order valence-corrected chi connectivity index (χ4v) is 4.15. The summed E-state index contributed by atoms with van der Waals surface area (Å²) < 4.78 is 4.52. The van der Waals surface area contributed by atoms with E-state index in [0.29, 0.717) is 0 Å². The molecule has 154 valence electrons. The van der Waals surface area contributed by atoms with Crippen molar-refractivity contribution in [1.29, 1.82) is 0 Å². The molecule has 4 rings (SSSR count). The summed E-state index contributed by atoms with van der Waals surface area (Å²) in [6.45, 7) is 5.00. The van der Waals surface area contributed by atoms with Gasteiger partial charge < -0.3 is 14.0 Å². The van der Waals surface area contributed by atoms with Crippen LogP contribution in [0.4, 0.5) is 0 Å². The van der Waals surface area contributed by atoms with Crippen LogP contribution < -0.4 is 10.8 Å². The molecule has 2 aromatic carbocycles. The summed E-state index contributed by atoms with van der Waals surface area (Å²) in [6, 6.07) is 19.0. The van der Waals surface area contributed by atoms with Crippen molar-refractivity contribution in [1.82, 2.24) is 19.6 Å². The molecule has 2 heterocycles. The molecule has 0 aliphatic heterocycles. The van der Waals surface area contributed by atoms with E-state index >= 15 is 0 Å². The van der Waals surface area contributed by atoms with Crippen molar-refractivity contribution in [3.05, 3.63) is 84.0 Å². The summed E-state index contributed by atoms with van der Waals surface area (Å²) in [5.74, 6) is 1.85. The maximum Gasteiger partial charge on any atom is 0.150 e. The van der Waals surface area contributed by atoms with Gasteiger partial charge in [-0.1, -0.05) is 12.1 Å². The topological polar surface area (TPSA) is 44.0 Å². The molecule has 30 heavy (non-hydrogen) atoms. The second-order valence-electron chi connectivity index (χ2n) is 7.08. The minimum absolute atomic E-state index is 0.759. The van der Waals surface area contributed by atoms with E-state index in [1.165, 1.54) is 11.0 Å². The van der Waals surface area contributed by atoms with Crippen LogP contribution in [-0.4, -0.2) is 21.2 Å². The van der Waals surface area contributed by atoms with Gasteiger partial charge in [0, 0.05) is 43.2 Å². The first-order valence-corrected chi connectivity index (χ1v) is 10.7. The van der Waals surface area contributed by atoms with E-state index in [0.717, 1.165) is 46.8 Å². The highest BCUT2D eigenvalue weighted by Gasteiger charge is 2.14. The van der Waals surface area contributed by atoms with E-state index in [2.05, 4.69) is 91.6 Å². The molecule has 1 N–H and O–H groups in total. The predicted molar refractivity (Wildman–Crippen MR) is 127 cm³/mol. The molecule has 4 aromatic rings. The number of allylic oxidation sites excluding steroid dienone is 1. The maximum atomic E-state index is 5.52. The molecule has 0 aliphatic carbocycles. The van der Waals surface area contributed by atoms with Gasteiger partial charge in [0.25, 0.3) is 0 Å². The average Bonchev–Trinajstić information content (AvgIpc) is 3.35. The SMILES string of the molecule is C/C=C(\ONC)c1ccc2c(c1)nc(Cc1cccn1-c1cccc(P)c1)n2CC. The van der Waals surface area contributed by atoms with Crippen LogP contribution in [0.1, 0.15) is 30.9 Å². The lowest BCUT2D eigenvalue weighted by atomic mass is 10.1. The van der Waals surface area contributed by atoms with Crippen LogP contribution in [0.15, 0.2) is 66.9 Å². The molecule has 0 aliphatic rings. The number of hydrogen-bond acceptors (Lipinski definition) is 3. The molecule has 0 radical (unpaired) electrons. The second-order valence-corrected chi connectivity index (χ2v) is 7.74. The highest BCUT2D eigenvalue weighted by atomic mass is 31.0. The normalized spacial score (nSPS) is 11.9. The number of aryl methyl sites for hydroxylation is 1. The number of aromatic nitrogens is 3. The highest BCUT2D eigenvalue weighted by molar-refractivity contribution is 7.27. The van der Waals surface area contributed by atoms with Crippen molar-refractivity contribution in [2.45, 2.75) is 26.8 Å². The summed E-state index contributed by atoms with van der Waals surface area (Å²) in [5.41, 5.74) is 8.25. The third kappa shape index (κ3) is 3.91. The number of hydrogen-bond donors (Lipinski definition) is 1. The first-order valence-electron chi connectivity index (χ1n) is 10.2. The first kappa shape index (κ1) is 20.4. The Labute approximate surface area is 179 Å². The number of hydroxylamine groups is 1. The van der Waals surface area contributed by atoms with Crippen LogP contribution in [0.2, 0.25) is 0 Å². The largest absolute Gasteiger partial charge is 0.409 e. The van der Waals surface area contributed by atoms with E-state index in [9.17, 15) is 0 Å². The molecule has 0 fully saturated rings. The predicted octanol–water partition coefficient (Wildman–Crippen LogP) is 4.45. The van der Waals surface area contributed by atoms with E-state index in [1.54, 1.807) is 7.05 Å². The van der Waals surface area contributed by atoms with Gasteiger partial charge in [0.1, 0.15) is 11.6 Å². The van der Waals surface area contributed by atoms with Crippen molar-refractivity contribution in [2.24, 2.45) is 0 Å². The minimum Gasteiger partial charge on any atom is -0.409 e. The average molecular weight is 418 g/mol. The molecule has 0 spiro atoms. The van der Waals surface area contributed by atoms with Crippen LogP contribution in [0.3, 0.4) is 0 Å². The van der Waals surface area contributed by atoms with E-state index in [1.807, 2.05) is 13.0 Å². The Bertz CT molecular complexity index is 1210. The van der Waals surface area contributed by atoms with E-state index in [4.69, 9.17) is 9.82 Å². The standard InChI is InChI=1S/C24H27N4OP/c1-4-23(29-25-3)17-11-12-22-21(14-17)26-24(27(22)5-2)16-19-9-7-13-28(19)18-8-6-10-20(30)15-18/h4,6-15,25H,5,16,30H2,1-3H3/b23-4-. The number of imidazole rings is 1. The molecular weight excluding hydrogens is 391 g/mol. The van der Waals surface area contributed by atoms with Crippen molar-refractivity contribution >= 4 is 31.3 Å². The summed E-state index contributed by atoms with van der Waals surface area (Å²) in [6.07, 6.45) is 4.82. The van der Waals surface area contributed by atoms with Gasteiger partial charge in [0.05, 0.1) is 11.0 Å². The lowest BCUT2D eigenvalue weighted by Crippen LogP contribution is -2.07. The van der Waals surface area contributed by atoms with Gasteiger partial charge in [-0.2, -0.15) is 5.48 Å². The highest BCUT2D eigenvalue weighted by Crippen LogP contribution is 2.24. The number of rotatable bonds is 7. The smallest absolute Gasteiger partial charge is 0.150 e. The van der Waals surface area contributed by atoms with Gasteiger partial charge in [-0.15, -0.1) is 9.24 Å². The van der Waals surface area contributed by atoms with Crippen molar-refractivity contribution in [2.75, 3.05) is 7.05 Å². The molecule has 1 atom stereocenters. The fraction of sp³-hybridized carbons (Fsp3) is 0.208. The zero-order valence-corrected chi connectivity index (χ0v) is 18.7. The van der Waals surface area contributed by atoms with Gasteiger partial charge in [-0.05, 0) is 67.7 Å². The number of benzene rings is 2. The van der Waals surface area contributed by atoms with Crippen LogP contribution in [-0.2, 0) is 17.8 Å². The summed E-state index contributed by atoms with van der Waals surface area (Å²) in [5, 5.41) is 1.17. The molecular formula is C24H27N4OP. The van der Waals surface area contributed by atoms with Gasteiger partial charge in [0.15, 0.2) is 0 Å². The Kier molecular flexibility index (Phi) is 6.03. The summed E-state index contributed by atoms with van der Waals surface area (Å²) in [4.78, 5) is 10.5. The zero-order chi connectivity index (χ0) is 21.1. The Morgan fingerprint density at radius 2 is 2.03 bits per heavy atom. The number of fused-ring (bicyclic) bond motifs is 1. The fourth-order valence-electron chi connectivity index (χ4n) is 3.86. The molecule has 1 unspecified atom stereocenters. The van der Waals surface area contributed by atoms with E-state index in [-0.39, 0.29) is 0 Å². The number of nitrogens with one attached hydrogen (secondary N) is 1. The zero-order valence-electron chi connectivity index (χ0n) is 17.6. The molecule has 0 amide bonds. The van der Waals surface area contributed by atoms with E-state index < -0.39 is 0 Å². The molecule has 0 saturated carbocycles. The van der Waals surface area contributed by atoms with Crippen LogP contribution in [0, 0.1) is 0 Å². The monoisotopic (exact) mass is 418 g/mol. The third-order valence-electron chi connectivity index (χ3n) is 5.22. The van der Waals surface area contributed by atoms with Gasteiger partial charge >= 0.3 is 0 Å². The summed E-state index contributed by atoms with van der Waals surface area (Å²) in [7, 11) is 4.52. The van der Waals surface area contributed by atoms with Gasteiger partial charge in [-0.25, -0.2) is 4.98 Å². The van der Waals surface area contributed by atoms with Crippen LogP contribution in [0.5, 0.6) is 0 Å². The minimum atomic E-state index is 0.759. The van der Waals surface area contributed by atoms with Crippen LogP contribution in [0.25, 0.3) is 22.5 Å². The lowest BCUT2D eigenvalue weighted by Gasteiger charge is -2.11. The quantitative estimate of drug-likeness (QED) is 0.274. The lowest BCUT2D eigenvalue weighted by molar-refractivity contribution is 0.183.